The summed E-state index contributed by atoms with van der Waals surface area (Å²) in [5.41, 5.74) is 2.02. The fourth-order valence-electron chi connectivity index (χ4n) is 0.856. The molecule has 0 spiro atoms. The molecular formula is C8H10N2O. The minimum absolute atomic E-state index is 0.559. The molecule has 0 saturated carbocycles. The van der Waals surface area contributed by atoms with Crippen LogP contribution < -0.4 is 5.32 Å². The Bertz CT molecular complexity index is 248. The van der Waals surface area contributed by atoms with E-state index in [-0.39, 0.29) is 0 Å². The fourth-order valence-corrected chi connectivity index (χ4v) is 0.856. The molecule has 0 bridgehead atoms. The second-order valence-electron chi connectivity index (χ2n) is 2.25. The standard InChI is InChI=1S/C8H10N2O/c1-7-8(5-9-6-11)3-2-4-10-7/h2-4,6H,5H2,1H3,(H,9,11). The van der Waals surface area contributed by atoms with Gasteiger partial charge in [-0.25, -0.2) is 0 Å². The van der Waals surface area contributed by atoms with Gasteiger partial charge in [0.15, 0.2) is 0 Å². The van der Waals surface area contributed by atoms with Crippen molar-refractivity contribution < 1.29 is 4.79 Å². The summed E-state index contributed by atoms with van der Waals surface area (Å²) in [6, 6.07) is 3.80. The zero-order chi connectivity index (χ0) is 8.10. The second kappa shape index (κ2) is 3.71. The molecule has 0 fully saturated rings. The molecule has 0 saturated heterocycles. The first-order chi connectivity index (χ1) is 5.34. The maximum absolute atomic E-state index is 9.96. The highest BCUT2D eigenvalue weighted by Gasteiger charge is 1.94. The molecule has 0 aliphatic heterocycles. The molecule has 3 heteroatoms. The summed E-state index contributed by atoms with van der Waals surface area (Å²) in [7, 11) is 0. The first-order valence-electron chi connectivity index (χ1n) is 3.42. The summed E-state index contributed by atoms with van der Waals surface area (Å²) in [4.78, 5) is 14.0. The Morgan fingerprint density at radius 1 is 1.73 bits per heavy atom. The van der Waals surface area contributed by atoms with Gasteiger partial charge < -0.3 is 5.32 Å². The largest absolute Gasteiger partial charge is 0.355 e. The number of aryl methyl sites for hydroxylation is 1. The highest BCUT2D eigenvalue weighted by molar-refractivity contribution is 5.46. The summed E-state index contributed by atoms with van der Waals surface area (Å²) < 4.78 is 0. The molecule has 0 aliphatic rings. The van der Waals surface area contributed by atoms with Gasteiger partial charge in [0.2, 0.25) is 6.41 Å². The number of aromatic nitrogens is 1. The van der Waals surface area contributed by atoms with Gasteiger partial charge in [-0.05, 0) is 18.6 Å². The van der Waals surface area contributed by atoms with E-state index in [1.165, 1.54) is 0 Å². The van der Waals surface area contributed by atoms with Crippen LogP contribution in [0, 0.1) is 6.92 Å². The summed E-state index contributed by atoms with van der Waals surface area (Å²) in [6.45, 7) is 2.48. The zero-order valence-electron chi connectivity index (χ0n) is 6.37. The number of nitrogens with one attached hydrogen (secondary N) is 1. The highest BCUT2D eigenvalue weighted by atomic mass is 16.1. The average Bonchev–Trinajstić information content (AvgIpc) is 2.03. The normalized spacial score (nSPS) is 9.18. The number of carbonyl (C=O) groups excluding carboxylic acids is 1. The van der Waals surface area contributed by atoms with E-state index in [0.717, 1.165) is 11.3 Å². The lowest BCUT2D eigenvalue weighted by molar-refractivity contribution is -0.109. The van der Waals surface area contributed by atoms with Crippen LogP contribution in [0.3, 0.4) is 0 Å². The number of amides is 1. The van der Waals surface area contributed by atoms with Crippen LogP contribution in [-0.2, 0) is 11.3 Å². The lowest BCUT2D eigenvalue weighted by Crippen LogP contribution is -2.11. The SMILES string of the molecule is Cc1ncccc1CNC=O. The van der Waals surface area contributed by atoms with Crippen LogP contribution in [0.1, 0.15) is 11.3 Å². The molecule has 58 valence electrons. The lowest BCUT2D eigenvalue weighted by Gasteiger charge is -2.01. The molecule has 11 heavy (non-hydrogen) atoms. The second-order valence-corrected chi connectivity index (χ2v) is 2.25. The fraction of sp³-hybridized carbons (Fsp3) is 0.250. The first kappa shape index (κ1) is 7.72. The third-order valence-electron chi connectivity index (χ3n) is 1.49. The molecule has 1 N–H and O–H groups in total. The van der Waals surface area contributed by atoms with E-state index in [1.54, 1.807) is 6.20 Å². The quantitative estimate of drug-likeness (QED) is 0.642. The Morgan fingerprint density at radius 3 is 3.18 bits per heavy atom. The number of hydrogen-bond donors (Lipinski definition) is 1. The van der Waals surface area contributed by atoms with Crippen molar-refractivity contribution in [2.24, 2.45) is 0 Å². The number of hydrogen-bond acceptors (Lipinski definition) is 2. The van der Waals surface area contributed by atoms with Crippen LogP contribution in [0.2, 0.25) is 0 Å². The summed E-state index contributed by atoms with van der Waals surface area (Å²) in [5, 5.41) is 2.58. The molecule has 0 aliphatic carbocycles. The maximum Gasteiger partial charge on any atom is 0.207 e. The first-order valence-corrected chi connectivity index (χ1v) is 3.42. The van der Waals surface area contributed by atoms with Gasteiger partial charge in [0.25, 0.3) is 0 Å². The van der Waals surface area contributed by atoms with Gasteiger partial charge in [0.1, 0.15) is 0 Å². The third kappa shape index (κ3) is 2.04. The third-order valence-corrected chi connectivity index (χ3v) is 1.49. The van der Waals surface area contributed by atoms with Crippen LogP contribution in [0.5, 0.6) is 0 Å². The van der Waals surface area contributed by atoms with E-state index in [2.05, 4.69) is 10.3 Å². The van der Waals surface area contributed by atoms with Gasteiger partial charge in [-0.2, -0.15) is 0 Å². The van der Waals surface area contributed by atoms with Crippen molar-refractivity contribution in [1.29, 1.82) is 0 Å². The maximum atomic E-state index is 9.96. The Hall–Kier alpha value is -1.38. The van der Waals surface area contributed by atoms with Crippen molar-refractivity contribution >= 4 is 6.41 Å². The molecule has 1 amide bonds. The van der Waals surface area contributed by atoms with Crippen molar-refractivity contribution in [2.75, 3.05) is 0 Å². The smallest absolute Gasteiger partial charge is 0.207 e. The molecule has 1 aromatic heterocycles. The molecule has 0 radical (unpaired) electrons. The number of nitrogens with zero attached hydrogens (tertiary/aromatic N) is 1. The minimum atomic E-state index is 0.559. The zero-order valence-corrected chi connectivity index (χ0v) is 6.37. The van der Waals surface area contributed by atoms with Crippen molar-refractivity contribution in [3.63, 3.8) is 0 Å². The molecular weight excluding hydrogens is 140 g/mol. The molecule has 0 aromatic carbocycles. The van der Waals surface area contributed by atoms with Crippen molar-refractivity contribution in [3.8, 4) is 0 Å². The van der Waals surface area contributed by atoms with Crippen molar-refractivity contribution in [2.45, 2.75) is 13.5 Å². The van der Waals surface area contributed by atoms with Gasteiger partial charge in [0, 0.05) is 18.4 Å². The monoisotopic (exact) mass is 150 g/mol. The Balaban J connectivity index is 2.69. The Labute approximate surface area is 65.5 Å². The average molecular weight is 150 g/mol. The van der Waals surface area contributed by atoms with E-state index < -0.39 is 0 Å². The van der Waals surface area contributed by atoms with Crippen LogP contribution in [0.4, 0.5) is 0 Å². The number of rotatable bonds is 3. The topological polar surface area (TPSA) is 42.0 Å². The number of pyridine rings is 1. The molecule has 1 rings (SSSR count). The minimum Gasteiger partial charge on any atom is -0.355 e. The van der Waals surface area contributed by atoms with Gasteiger partial charge in [-0.15, -0.1) is 0 Å². The summed E-state index contributed by atoms with van der Waals surface area (Å²) in [6.07, 6.45) is 2.42. The Morgan fingerprint density at radius 2 is 2.55 bits per heavy atom. The van der Waals surface area contributed by atoms with Crippen LogP contribution in [0.15, 0.2) is 18.3 Å². The van der Waals surface area contributed by atoms with Crippen LogP contribution in [-0.4, -0.2) is 11.4 Å². The molecule has 0 unspecified atom stereocenters. The van der Waals surface area contributed by atoms with E-state index in [0.29, 0.717) is 13.0 Å². The van der Waals surface area contributed by atoms with Gasteiger partial charge >= 0.3 is 0 Å². The molecule has 1 heterocycles. The summed E-state index contributed by atoms with van der Waals surface area (Å²) >= 11 is 0. The van der Waals surface area contributed by atoms with Gasteiger partial charge in [-0.1, -0.05) is 6.07 Å². The van der Waals surface area contributed by atoms with E-state index >= 15 is 0 Å². The molecule has 3 nitrogen and oxygen atoms in total. The Kier molecular flexibility index (Phi) is 2.60. The van der Waals surface area contributed by atoms with Crippen LogP contribution in [0.25, 0.3) is 0 Å². The summed E-state index contributed by atoms with van der Waals surface area (Å²) in [5.74, 6) is 0. The highest BCUT2D eigenvalue weighted by Crippen LogP contribution is 2.01. The van der Waals surface area contributed by atoms with Crippen molar-refractivity contribution in [3.05, 3.63) is 29.6 Å². The molecule has 1 aromatic rings. The lowest BCUT2D eigenvalue weighted by atomic mass is 10.2. The van der Waals surface area contributed by atoms with E-state index in [9.17, 15) is 4.79 Å². The van der Waals surface area contributed by atoms with Gasteiger partial charge in [0.05, 0.1) is 0 Å². The van der Waals surface area contributed by atoms with E-state index in [1.807, 2.05) is 19.1 Å². The number of carbonyl (C=O) groups is 1. The molecule has 0 atom stereocenters. The van der Waals surface area contributed by atoms with Gasteiger partial charge in [-0.3, -0.25) is 9.78 Å². The predicted molar refractivity (Wildman–Crippen MR) is 41.9 cm³/mol. The van der Waals surface area contributed by atoms with Crippen molar-refractivity contribution in [1.82, 2.24) is 10.3 Å². The van der Waals surface area contributed by atoms with E-state index in [4.69, 9.17) is 0 Å². The predicted octanol–water partition coefficient (Wildman–Crippen LogP) is 0.636. The van der Waals surface area contributed by atoms with Crippen LogP contribution >= 0.6 is 0 Å².